The van der Waals surface area contributed by atoms with Gasteiger partial charge in [-0.05, 0) is 13.2 Å². The summed E-state index contributed by atoms with van der Waals surface area (Å²) in [5.41, 5.74) is -0.324. The second-order valence-electron chi connectivity index (χ2n) is 3.16. The molecule has 0 atom stereocenters. The molecule has 2 rings (SSSR count). The van der Waals surface area contributed by atoms with Gasteiger partial charge in [0.25, 0.3) is 12.0 Å². The molecular weight excluding hydrogens is 268 g/mol. The van der Waals surface area contributed by atoms with Crippen LogP contribution in [0.2, 0.25) is 0 Å². The van der Waals surface area contributed by atoms with Crippen molar-refractivity contribution in [3.8, 4) is 0 Å². The van der Waals surface area contributed by atoms with Gasteiger partial charge in [-0.1, -0.05) is 23.1 Å². The monoisotopic (exact) mass is 277 g/mol. The van der Waals surface area contributed by atoms with Crippen LogP contribution >= 0.6 is 23.1 Å². The van der Waals surface area contributed by atoms with Crippen LogP contribution in [0.5, 0.6) is 0 Å². The molecule has 0 fully saturated rings. The fourth-order valence-corrected chi connectivity index (χ4v) is 2.89. The molecule has 0 radical (unpaired) electrons. The number of nitrogens with zero attached hydrogens (tertiary/aromatic N) is 3. The summed E-state index contributed by atoms with van der Waals surface area (Å²) in [6, 6.07) is 0. The van der Waals surface area contributed by atoms with Crippen molar-refractivity contribution in [2.24, 2.45) is 0 Å². The van der Waals surface area contributed by atoms with Crippen LogP contribution in [-0.4, -0.2) is 20.8 Å². The summed E-state index contributed by atoms with van der Waals surface area (Å²) in [6.07, 6.45) is -0.948. The van der Waals surface area contributed by atoms with E-state index in [1.165, 1.54) is 11.8 Å². The number of fused-ring (bicyclic) bond motifs is 1. The Hall–Kier alpha value is -1.02. The van der Waals surface area contributed by atoms with Gasteiger partial charge in [0.05, 0.1) is 0 Å². The van der Waals surface area contributed by atoms with Gasteiger partial charge in [0, 0.05) is 6.54 Å². The first-order valence-electron chi connectivity index (χ1n) is 4.81. The standard InChI is InChI=1S/C9H9F2N3OS2/c1-3-14-6(5(10)11)13-7-4(8(14)15)12-9(16-2)17-7/h5H,3H2,1-2H3. The van der Waals surface area contributed by atoms with E-state index < -0.39 is 17.8 Å². The zero-order valence-electron chi connectivity index (χ0n) is 9.11. The molecule has 0 saturated carbocycles. The van der Waals surface area contributed by atoms with E-state index in [9.17, 15) is 13.6 Å². The number of hydrogen-bond acceptors (Lipinski definition) is 5. The van der Waals surface area contributed by atoms with E-state index in [0.717, 1.165) is 15.9 Å². The Kier molecular flexibility index (Phi) is 3.43. The summed E-state index contributed by atoms with van der Waals surface area (Å²) in [4.78, 5) is 20.1. The van der Waals surface area contributed by atoms with Crippen molar-refractivity contribution in [1.82, 2.24) is 14.5 Å². The third-order valence-electron chi connectivity index (χ3n) is 2.22. The minimum Gasteiger partial charge on any atom is -0.290 e. The molecule has 0 aliphatic rings. The quantitative estimate of drug-likeness (QED) is 0.809. The van der Waals surface area contributed by atoms with Crippen molar-refractivity contribution in [3.05, 3.63) is 16.2 Å². The molecule has 8 heteroatoms. The Morgan fingerprint density at radius 1 is 1.47 bits per heavy atom. The van der Waals surface area contributed by atoms with Gasteiger partial charge in [0.2, 0.25) is 0 Å². The summed E-state index contributed by atoms with van der Waals surface area (Å²) in [7, 11) is 0. The molecule has 2 aromatic rings. The second kappa shape index (κ2) is 4.69. The first-order chi connectivity index (χ1) is 8.08. The van der Waals surface area contributed by atoms with Gasteiger partial charge < -0.3 is 0 Å². The minimum atomic E-state index is -2.76. The summed E-state index contributed by atoms with van der Waals surface area (Å²) in [5, 5.41) is 0. The number of thioether (sulfide) groups is 1. The predicted molar refractivity (Wildman–Crippen MR) is 64.1 cm³/mol. The average Bonchev–Trinajstić information content (AvgIpc) is 2.72. The largest absolute Gasteiger partial charge is 0.295 e. The molecule has 0 aliphatic carbocycles. The Morgan fingerprint density at radius 3 is 2.71 bits per heavy atom. The highest BCUT2D eigenvalue weighted by Gasteiger charge is 2.20. The molecule has 0 aliphatic heterocycles. The SMILES string of the molecule is CCn1c(C(F)F)nc2sc(SC)nc2c1=O. The van der Waals surface area contributed by atoms with Crippen LogP contribution in [0.1, 0.15) is 19.2 Å². The number of thiazole rings is 1. The van der Waals surface area contributed by atoms with Gasteiger partial charge in [0.15, 0.2) is 20.5 Å². The lowest BCUT2D eigenvalue weighted by Gasteiger charge is -2.07. The Labute approximate surface area is 104 Å². The summed E-state index contributed by atoms with van der Waals surface area (Å²) >= 11 is 2.52. The number of rotatable bonds is 3. The van der Waals surface area contributed by atoms with Crippen molar-refractivity contribution in [3.63, 3.8) is 0 Å². The molecule has 0 aromatic carbocycles. The average molecular weight is 277 g/mol. The first kappa shape index (κ1) is 12.4. The van der Waals surface area contributed by atoms with Crippen LogP contribution in [0.25, 0.3) is 10.3 Å². The van der Waals surface area contributed by atoms with Crippen LogP contribution < -0.4 is 5.56 Å². The maximum atomic E-state index is 12.8. The van der Waals surface area contributed by atoms with Gasteiger partial charge in [-0.25, -0.2) is 18.7 Å². The van der Waals surface area contributed by atoms with Crippen LogP contribution in [0.3, 0.4) is 0 Å². The van der Waals surface area contributed by atoms with Gasteiger partial charge >= 0.3 is 0 Å². The van der Waals surface area contributed by atoms with Crippen molar-refractivity contribution in [2.45, 2.75) is 24.2 Å². The number of halogens is 2. The van der Waals surface area contributed by atoms with Crippen LogP contribution in [0, 0.1) is 0 Å². The number of alkyl halides is 2. The highest BCUT2D eigenvalue weighted by Crippen LogP contribution is 2.26. The molecule has 92 valence electrons. The molecule has 2 aromatic heterocycles. The van der Waals surface area contributed by atoms with E-state index in [0.29, 0.717) is 4.34 Å². The van der Waals surface area contributed by atoms with Crippen LogP contribution in [-0.2, 0) is 6.54 Å². The van der Waals surface area contributed by atoms with E-state index in [1.807, 2.05) is 6.26 Å². The summed E-state index contributed by atoms with van der Waals surface area (Å²) in [5.74, 6) is -0.485. The summed E-state index contributed by atoms with van der Waals surface area (Å²) < 4.78 is 27.2. The molecule has 0 N–H and O–H groups in total. The minimum absolute atomic E-state index is 0.160. The normalized spacial score (nSPS) is 11.6. The van der Waals surface area contributed by atoms with E-state index >= 15 is 0 Å². The van der Waals surface area contributed by atoms with Gasteiger partial charge in [-0.2, -0.15) is 0 Å². The van der Waals surface area contributed by atoms with E-state index in [4.69, 9.17) is 0 Å². The lowest BCUT2D eigenvalue weighted by molar-refractivity contribution is 0.134. The summed E-state index contributed by atoms with van der Waals surface area (Å²) in [6.45, 7) is 1.79. The molecule has 2 heterocycles. The van der Waals surface area contributed by atoms with Crippen molar-refractivity contribution in [1.29, 1.82) is 0 Å². The highest BCUT2D eigenvalue weighted by atomic mass is 32.2. The number of hydrogen-bond donors (Lipinski definition) is 0. The van der Waals surface area contributed by atoms with E-state index in [1.54, 1.807) is 6.92 Å². The van der Waals surface area contributed by atoms with Crippen LogP contribution in [0.4, 0.5) is 8.78 Å². The van der Waals surface area contributed by atoms with E-state index in [2.05, 4.69) is 9.97 Å². The highest BCUT2D eigenvalue weighted by molar-refractivity contribution is 8.00. The lowest BCUT2D eigenvalue weighted by Crippen LogP contribution is -2.24. The Bertz CT molecular complexity index is 608. The third kappa shape index (κ3) is 2.06. The molecule has 0 amide bonds. The maximum Gasteiger partial charge on any atom is 0.295 e. The van der Waals surface area contributed by atoms with Gasteiger partial charge in [-0.3, -0.25) is 9.36 Å². The smallest absolute Gasteiger partial charge is 0.290 e. The lowest BCUT2D eigenvalue weighted by atomic mass is 10.4. The topological polar surface area (TPSA) is 47.8 Å². The van der Waals surface area contributed by atoms with Gasteiger partial charge in [-0.15, -0.1) is 0 Å². The van der Waals surface area contributed by atoms with E-state index in [-0.39, 0.29) is 16.9 Å². The molecule has 0 saturated heterocycles. The molecule has 0 spiro atoms. The fraction of sp³-hybridized carbons (Fsp3) is 0.444. The zero-order valence-corrected chi connectivity index (χ0v) is 10.7. The third-order valence-corrected chi connectivity index (χ3v) is 4.15. The van der Waals surface area contributed by atoms with Crippen molar-refractivity contribution in [2.75, 3.05) is 6.26 Å². The van der Waals surface area contributed by atoms with Crippen molar-refractivity contribution < 1.29 is 8.78 Å². The maximum absolute atomic E-state index is 12.8. The Morgan fingerprint density at radius 2 is 2.18 bits per heavy atom. The number of aromatic nitrogens is 3. The fourth-order valence-electron chi connectivity index (χ4n) is 1.46. The first-order valence-corrected chi connectivity index (χ1v) is 6.86. The molecule has 4 nitrogen and oxygen atoms in total. The molecule has 0 unspecified atom stereocenters. The van der Waals surface area contributed by atoms with Crippen molar-refractivity contribution >= 4 is 33.4 Å². The van der Waals surface area contributed by atoms with Gasteiger partial charge in [0.1, 0.15) is 0 Å². The Balaban J connectivity index is 2.80. The molecule has 17 heavy (non-hydrogen) atoms. The predicted octanol–water partition coefficient (Wildman–Crippen LogP) is 2.53. The van der Waals surface area contributed by atoms with Crippen LogP contribution in [0.15, 0.2) is 9.13 Å². The molecular formula is C9H9F2N3OS2. The second-order valence-corrected chi connectivity index (χ2v) is 5.19. The molecule has 0 bridgehead atoms. The zero-order chi connectivity index (χ0) is 12.6.